The van der Waals surface area contributed by atoms with Crippen LogP contribution in [0.3, 0.4) is 0 Å². The van der Waals surface area contributed by atoms with Crippen LogP contribution in [-0.2, 0) is 4.79 Å². The predicted octanol–water partition coefficient (Wildman–Crippen LogP) is 2.68. The highest BCUT2D eigenvalue weighted by Gasteiger charge is 2.32. The van der Waals surface area contributed by atoms with Crippen molar-refractivity contribution >= 4 is 35.8 Å². The molecular formula is C21H40IN5O. The molecule has 2 N–H and O–H groups in total. The molecule has 28 heavy (non-hydrogen) atoms. The molecule has 3 fully saturated rings. The van der Waals surface area contributed by atoms with E-state index in [0.717, 1.165) is 44.9 Å². The Balaban J connectivity index is 0.00000280. The van der Waals surface area contributed by atoms with Crippen molar-refractivity contribution < 1.29 is 4.79 Å². The fourth-order valence-electron chi connectivity index (χ4n) is 4.96. The van der Waals surface area contributed by atoms with Crippen molar-refractivity contribution in [2.24, 2.45) is 16.8 Å². The summed E-state index contributed by atoms with van der Waals surface area (Å²) in [5.41, 5.74) is 0. The van der Waals surface area contributed by atoms with E-state index in [1.165, 1.54) is 38.8 Å². The van der Waals surface area contributed by atoms with E-state index in [4.69, 9.17) is 0 Å². The highest BCUT2D eigenvalue weighted by atomic mass is 127. The van der Waals surface area contributed by atoms with Crippen LogP contribution in [0.4, 0.5) is 0 Å². The Kier molecular flexibility index (Phi) is 9.80. The van der Waals surface area contributed by atoms with Crippen LogP contribution in [-0.4, -0.2) is 73.5 Å². The molecule has 2 aliphatic heterocycles. The van der Waals surface area contributed by atoms with Gasteiger partial charge in [0.25, 0.3) is 0 Å². The minimum atomic E-state index is 0. The first-order chi connectivity index (χ1) is 13.1. The molecule has 7 heteroatoms. The van der Waals surface area contributed by atoms with E-state index in [0.29, 0.717) is 23.9 Å². The van der Waals surface area contributed by atoms with Gasteiger partial charge in [-0.2, -0.15) is 0 Å². The number of guanidine groups is 1. The lowest BCUT2D eigenvalue weighted by Gasteiger charge is -2.31. The molecule has 0 spiro atoms. The van der Waals surface area contributed by atoms with Crippen molar-refractivity contribution in [2.75, 3.05) is 39.8 Å². The Morgan fingerprint density at radius 1 is 1.07 bits per heavy atom. The van der Waals surface area contributed by atoms with E-state index < -0.39 is 0 Å². The summed E-state index contributed by atoms with van der Waals surface area (Å²) in [4.78, 5) is 21.7. The van der Waals surface area contributed by atoms with Crippen LogP contribution in [0.25, 0.3) is 0 Å². The first kappa shape index (κ1) is 23.7. The summed E-state index contributed by atoms with van der Waals surface area (Å²) in [6.45, 7) is 9.68. The monoisotopic (exact) mass is 505 g/mol. The van der Waals surface area contributed by atoms with Gasteiger partial charge in [0.1, 0.15) is 0 Å². The van der Waals surface area contributed by atoms with Crippen LogP contribution in [0.5, 0.6) is 0 Å². The number of hydrogen-bond donors (Lipinski definition) is 2. The summed E-state index contributed by atoms with van der Waals surface area (Å²) in [5.74, 6) is 2.17. The summed E-state index contributed by atoms with van der Waals surface area (Å²) in [5, 5.41) is 7.10. The maximum absolute atomic E-state index is 12.6. The van der Waals surface area contributed by atoms with E-state index in [1.807, 2.05) is 7.05 Å². The maximum atomic E-state index is 12.6. The zero-order chi connectivity index (χ0) is 19.2. The van der Waals surface area contributed by atoms with Gasteiger partial charge in [0, 0.05) is 44.7 Å². The normalized spacial score (nSPS) is 25.2. The first-order valence-corrected chi connectivity index (χ1v) is 11.1. The van der Waals surface area contributed by atoms with Crippen molar-refractivity contribution in [1.29, 1.82) is 0 Å². The molecule has 1 amide bonds. The Labute approximate surface area is 188 Å². The largest absolute Gasteiger partial charge is 0.355 e. The smallest absolute Gasteiger partial charge is 0.225 e. The average molecular weight is 505 g/mol. The zero-order valence-corrected chi connectivity index (χ0v) is 20.3. The molecule has 0 aromatic rings. The SMILES string of the molecule is CN=C(NCC(C(C)C)N1CCCC1)NC1CCN(C(=O)C2CCCC2)C1.I. The van der Waals surface area contributed by atoms with E-state index in [9.17, 15) is 4.79 Å². The average Bonchev–Trinajstić information content (AvgIpc) is 3.41. The number of hydrogen-bond acceptors (Lipinski definition) is 3. The van der Waals surface area contributed by atoms with Gasteiger partial charge in [0.05, 0.1) is 0 Å². The lowest BCUT2D eigenvalue weighted by Crippen LogP contribution is -2.51. The number of carbonyl (C=O) groups is 1. The van der Waals surface area contributed by atoms with Gasteiger partial charge < -0.3 is 15.5 Å². The lowest BCUT2D eigenvalue weighted by atomic mass is 10.0. The standard InChI is InChI=1S/C21H39N5O.HI/c1-16(2)19(25-11-6-7-12-25)14-23-21(22-3)24-18-10-13-26(15-18)20(27)17-8-4-5-9-17;/h16-19H,4-15H2,1-3H3,(H2,22,23,24);1H. The molecule has 0 radical (unpaired) electrons. The fourth-order valence-corrected chi connectivity index (χ4v) is 4.96. The van der Waals surface area contributed by atoms with Gasteiger partial charge in [-0.15, -0.1) is 24.0 Å². The minimum absolute atomic E-state index is 0. The number of likely N-dealkylation sites (tertiary alicyclic amines) is 2. The van der Waals surface area contributed by atoms with E-state index in [1.54, 1.807) is 0 Å². The maximum Gasteiger partial charge on any atom is 0.225 e. The number of nitrogens with one attached hydrogen (secondary N) is 2. The summed E-state index contributed by atoms with van der Waals surface area (Å²) < 4.78 is 0. The first-order valence-electron chi connectivity index (χ1n) is 11.1. The number of nitrogens with zero attached hydrogens (tertiary/aromatic N) is 3. The summed E-state index contributed by atoms with van der Waals surface area (Å²) >= 11 is 0. The van der Waals surface area contributed by atoms with Gasteiger partial charge in [0.2, 0.25) is 5.91 Å². The molecule has 1 saturated carbocycles. The summed E-state index contributed by atoms with van der Waals surface area (Å²) in [6, 6.07) is 0.862. The summed E-state index contributed by atoms with van der Waals surface area (Å²) in [6.07, 6.45) is 8.27. The second kappa shape index (κ2) is 11.6. The molecule has 2 heterocycles. The molecule has 3 rings (SSSR count). The predicted molar refractivity (Wildman–Crippen MR) is 126 cm³/mol. The van der Waals surface area contributed by atoms with Gasteiger partial charge in [-0.1, -0.05) is 26.7 Å². The number of aliphatic imine (C=N–C) groups is 1. The molecule has 0 bridgehead atoms. The van der Waals surface area contributed by atoms with Crippen molar-refractivity contribution in [3.8, 4) is 0 Å². The molecule has 6 nitrogen and oxygen atoms in total. The minimum Gasteiger partial charge on any atom is -0.355 e. The van der Waals surface area contributed by atoms with Gasteiger partial charge in [-0.25, -0.2) is 0 Å². The second-order valence-corrected chi connectivity index (χ2v) is 8.90. The molecule has 3 aliphatic rings. The van der Waals surface area contributed by atoms with Gasteiger partial charge in [0.15, 0.2) is 5.96 Å². The van der Waals surface area contributed by atoms with E-state index in [2.05, 4.69) is 39.3 Å². The third-order valence-corrected chi connectivity index (χ3v) is 6.63. The molecule has 162 valence electrons. The van der Waals surface area contributed by atoms with Crippen LogP contribution in [0.15, 0.2) is 4.99 Å². The number of amides is 1. The topological polar surface area (TPSA) is 60.0 Å². The molecular weight excluding hydrogens is 465 g/mol. The molecule has 0 aromatic heterocycles. The van der Waals surface area contributed by atoms with Crippen LogP contribution in [0.2, 0.25) is 0 Å². The van der Waals surface area contributed by atoms with Crippen molar-refractivity contribution in [2.45, 2.75) is 70.9 Å². The number of rotatable bonds is 6. The second-order valence-electron chi connectivity index (χ2n) is 8.90. The fraction of sp³-hybridized carbons (Fsp3) is 0.905. The zero-order valence-electron chi connectivity index (χ0n) is 18.0. The van der Waals surface area contributed by atoms with Crippen molar-refractivity contribution in [1.82, 2.24) is 20.4 Å². The molecule has 1 aliphatic carbocycles. The van der Waals surface area contributed by atoms with Crippen LogP contribution < -0.4 is 10.6 Å². The van der Waals surface area contributed by atoms with E-state index in [-0.39, 0.29) is 29.9 Å². The number of carbonyl (C=O) groups excluding carboxylic acids is 1. The van der Waals surface area contributed by atoms with Crippen molar-refractivity contribution in [3.63, 3.8) is 0 Å². The third-order valence-electron chi connectivity index (χ3n) is 6.63. The highest BCUT2D eigenvalue weighted by molar-refractivity contribution is 14.0. The quantitative estimate of drug-likeness (QED) is 0.331. The molecule has 0 aromatic carbocycles. The molecule has 2 atom stereocenters. The van der Waals surface area contributed by atoms with Crippen LogP contribution in [0, 0.1) is 11.8 Å². The Morgan fingerprint density at radius 3 is 2.36 bits per heavy atom. The molecule has 2 unspecified atom stereocenters. The Hall–Kier alpha value is -0.570. The number of halogens is 1. The van der Waals surface area contributed by atoms with E-state index >= 15 is 0 Å². The van der Waals surface area contributed by atoms with Gasteiger partial charge >= 0.3 is 0 Å². The van der Waals surface area contributed by atoms with Crippen molar-refractivity contribution in [3.05, 3.63) is 0 Å². The third kappa shape index (κ3) is 6.21. The van der Waals surface area contributed by atoms with Gasteiger partial charge in [-0.3, -0.25) is 14.7 Å². The highest BCUT2D eigenvalue weighted by Crippen LogP contribution is 2.27. The van der Waals surface area contributed by atoms with Crippen LogP contribution >= 0.6 is 24.0 Å². The lowest BCUT2D eigenvalue weighted by molar-refractivity contribution is -0.134. The van der Waals surface area contributed by atoms with Gasteiger partial charge in [-0.05, 0) is 51.1 Å². The molecule has 2 saturated heterocycles. The Bertz CT molecular complexity index is 515. The summed E-state index contributed by atoms with van der Waals surface area (Å²) in [7, 11) is 1.84. The van der Waals surface area contributed by atoms with Crippen LogP contribution in [0.1, 0.15) is 58.8 Å². The Morgan fingerprint density at radius 2 is 1.75 bits per heavy atom.